The van der Waals surface area contributed by atoms with Gasteiger partial charge in [-0.05, 0) is 25.0 Å². The second-order valence-corrected chi connectivity index (χ2v) is 4.55. The molecule has 76 valence electrons. The third kappa shape index (κ3) is 2.42. The predicted octanol–water partition coefficient (Wildman–Crippen LogP) is 3.96. The van der Waals surface area contributed by atoms with Gasteiger partial charge >= 0.3 is 0 Å². The summed E-state index contributed by atoms with van der Waals surface area (Å²) in [6.07, 6.45) is 5.56. The van der Waals surface area contributed by atoms with Crippen LogP contribution in [-0.4, -0.2) is 5.06 Å². The molecule has 1 aliphatic carbocycles. The van der Waals surface area contributed by atoms with Gasteiger partial charge in [0.1, 0.15) is 5.75 Å². The quantitative estimate of drug-likeness (QED) is 0.672. The maximum atomic E-state index is 6.39. The van der Waals surface area contributed by atoms with Crippen molar-refractivity contribution in [2.45, 2.75) is 37.2 Å². The highest BCUT2D eigenvalue weighted by molar-refractivity contribution is 6.23. The number of halogens is 1. The van der Waals surface area contributed by atoms with Crippen molar-refractivity contribution in [2.75, 3.05) is 0 Å². The van der Waals surface area contributed by atoms with E-state index >= 15 is 0 Å². The first-order chi connectivity index (χ1) is 6.79. The average Bonchev–Trinajstić information content (AvgIpc) is 2.19. The molecule has 1 aromatic carbocycles. The molecule has 0 radical (unpaired) electrons. The molecule has 1 saturated carbocycles. The van der Waals surface area contributed by atoms with Crippen LogP contribution in [0.15, 0.2) is 30.3 Å². The molecule has 0 N–H and O–H groups in total. The lowest BCUT2D eigenvalue weighted by atomic mass is 9.97. The Balaban J connectivity index is 2.02. The van der Waals surface area contributed by atoms with Crippen molar-refractivity contribution in [2.24, 2.45) is 0 Å². The molecule has 0 amide bonds. The van der Waals surface area contributed by atoms with Gasteiger partial charge < -0.3 is 4.74 Å². The van der Waals surface area contributed by atoms with Crippen molar-refractivity contribution < 1.29 is 4.74 Å². The third-order valence-corrected chi connectivity index (χ3v) is 3.10. The Morgan fingerprint density at radius 1 is 1.00 bits per heavy atom. The summed E-state index contributed by atoms with van der Waals surface area (Å²) < 4.78 is 5.81. The number of para-hydroxylation sites is 1. The number of alkyl halides is 1. The lowest BCUT2D eigenvalue weighted by molar-refractivity contribution is 0.112. The highest BCUT2D eigenvalue weighted by atomic mass is 35.5. The van der Waals surface area contributed by atoms with Crippen LogP contribution < -0.4 is 4.74 Å². The summed E-state index contributed by atoms with van der Waals surface area (Å²) in [6.45, 7) is 0. The number of ether oxygens (including phenoxy) is 1. The normalized spacial score (nSPS) is 20.4. The first-order valence-electron chi connectivity index (χ1n) is 5.22. The van der Waals surface area contributed by atoms with Gasteiger partial charge in [0.2, 0.25) is 0 Å². The van der Waals surface area contributed by atoms with Crippen LogP contribution in [0.2, 0.25) is 0 Å². The van der Waals surface area contributed by atoms with Crippen LogP contribution in [0.4, 0.5) is 0 Å². The fourth-order valence-corrected chi connectivity index (χ4v) is 2.24. The first-order valence-corrected chi connectivity index (χ1v) is 5.59. The van der Waals surface area contributed by atoms with Crippen LogP contribution in [-0.2, 0) is 0 Å². The number of benzene rings is 1. The Hall–Kier alpha value is -0.690. The summed E-state index contributed by atoms with van der Waals surface area (Å²) in [5, 5.41) is -0.445. The molecular weight excluding hydrogens is 196 g/mol. The maximum absolute atomic E-state index is 6.39. The van der Waals surface area contributed by atoms with E-state index in [0.29, 0.717) is 0 Å². The lowest BCUT2D eigenvalue weighted by Gasteiger charge is -2.31. The topological polar surface area (TPSA) is 9.23 Å². The Kier molecular flexibility index (Phi) is 2.97. The SMILES string of the molecule is ClC1(Oc2ccccc2)CCCCC1. The molecule has 0 atom stereocenters. The van der Waals surface area contributed by atoms with Crippen LogP contribution in [0, 0.1) is 0 Å². The van der Waals surface area contributed by atoms with Gasteiger partial charge in [-0.1, -0.05) is 36.2 Å². The van der Waals surface area contributed by atoms with E-state index in [4.69, 9.17) is 16.3 Å². The van der Waals surface area contributed by atoms with E-state index in [0.717, 1.165) is 18.6 Å². The van der Waals surface area contributed by atoms with Crippen molar-refractivity contribution in [1.82, 2.24) is 0 Å². The fourth-order valence-electron chi connectivity index (χ4n) is 1.88. The minimum Gasteiger partial charge on any atom is -0.472 e. The second kappa shape index (κ2) is 4.22. The van der Waals surface area contributed by atoms with E-state index < -0.39 is 5.06 Å². The monoisotopic (exact) mass is 210 g/mol. The van der Waals surface area contributed by atoms with Crippen LogP contribution in [0.25, 0.3) is 0 Å². The second-order valence-electron chi connectivity index (χ2n) is 3.86. The average molecular weight is 211 g/mol. The summed E-state index contributed by atoms with van der Waals surface area (Å²) in [7, 11) is 0. The highest BCUT2D eigenvalue weighted by Crippen LogP contribution is 2.35. The minimum absolute atomic E-state index is 0.445. The van der Waals surface area contributed by atoms with Crippen LogP contribution >= 0.6 is 11.6 Å². The van der Waals surface area contributed by atoms with E-state index in [-0.39, 0.29) is 0 Å². The molecular formula is C12H15ClO. The fraction of sp³-hybridized carbons (Fsp3) is 0.500. The summed E-state index contributed by atoms with van der Waals surface area (Å²) in [5.41, 5.74) is 0. The highest BCUT2D eigenvalue weighted by Gasteiger charge is 2.31. The number of rotatable bonds is 2. The molecule has 14 heavy (non-hydrogen) atoms. The molecule has 0 unspecified atom stereocenters. The van der Waals surface area contributed by atoms with Gasteiger partial charge in [0, 0.05) is 12.8 Å². The smallest absolute Gasteiger partial charge is 0.182 e. The van der Waals surface area contributed by atoms with Crippen molar-refractivity contribution in [3.05, 3.63) is 30.3 Å². The summed E-state index contributed by atoms with van der Waals surface area (Å²) in [4.78, 5) is 0. The van der Waals surface area contributed by atoms with E-state index in [9.17, 15) is 0 Å². The van der Waals surface area contributed by atoms with Gasteiger partial charge in [-0.3, -0.25) is 0 Å². The molecule has 0 bridgehead atoms. The standard InChI is InChI=1S/C12H15ClO/c13-12(9-5-2-6-10-12)14-11-7-3-1-4-8-11/h1,3-4,7-8H,2,5-6,9-10H2. The lowest BCUT2D eigenvalue weighted by Crippen LogP contribution is -2.31. The van der Waals surface area contributed by atoms with Crippen LogP contribution in [0.1, 0.15) is 32.1 Å². The zero-order valence-electron chi connectivity index (χ0n) is 8.21. The Morgan fingerprint density at radius 2 is 1.64 bits per heavy atom. The van der Waals surface area contributed by atoms with E-state index in [1.807, 2.05) is 30.3 Å². The van der Waals surface area contributed by atoms with Crippen molar-refractivity contribution in [3.63, 3.8) is 0 Å². The molecule has 0 aromatic heterocycles. The Bertz CT molecular complexity index is 278. The molecule has 2 rings (SSSR count). The molecule has 2 heteroatoms. The van der Waals surface area contributed by atoms with Gasteiger partial charge in [0.15, 0.2) is 5.06 Å². The van der Waals surface area contributed by atoms with E-state index in [1.54, 1.807) is 0 Å². The molecule has 1 nitrogen and oxygen atoms in total. The summed E-state index contributed by atoms with van der Waals surface area (Å²) >= 11 is 6.39. The summed E-state index contributed by atoms with van der Waals surface area (Å²) in [5.74, 6) is 0.879. The number of hydrogen-bond acceptors (Lipinski definition) is 1. The number of hydrogen-bond donors (Lipinski definition) is 0. The molecule has 1 aliphatic rings. The van der Waals surface area contributed by atoms with Crippen molar-refractivity contribution in [1.29, 1.82) is 0 Å². The molecule has 0 spiro atoms. The minimum atomic E-state index is -0.445. The van der Waals surface area contributed by atoms with E-state index in [2.05, 4.69) is 0 Å². The molecule has 0 heterocycles. The van der Waals surface area contributed by atoms with Crippen molar-refractivity contribution >= 4 is 11.6 Å². The maximum Gasteiger partial charge on any atom is 0.182 e. The molecule has 1 aromatic rings. The zero-order valence-corrected chi connectivity index (χ0v) is 8.96. The molecule has 1 fully saturated rings. The van der Waals surface area contributed by atoms with E-state index in [1.165, 1.54) is 19.3 Å². The first kappa shape index (κ1) is 9.85. The largest absolute Gasteiger partial charge is 0.472 e. The van der Waals surface area contributed by atoms with Gasteiger partial charge in [0.05, 0.1) is 0 Å². The zero-order chi connectivity index (χ0) is 9.86. The van der Waals surface area contributed by atoms with Gasteiger partial charge in [-0.25, -0.2) is 0 Å². The van der Waals surface area contributed by atoms with Gasteiger partial charge in [-0.2, -0.15) is 0 Å². The molecule has 0 aliphatic heterocycles. The Labute approximate surface area is 90.0 Å². The van der Waals surface area contributed by atoms with Crippen LogP contribution in [0.5, 0.6) is 5.75 Å². The van der Waals surface area contributed by atoms with Gasteiger partial charge in [0.25, 0.3) is 0 Å². The molecule has 0 saturated heterocycles. The predicted molar refractivity (Wildman–Crippen MR) is 58.7 cm³/mol. The summed E-state index contributed by atoms with van der Waals surface area (Å²) in [6, 6.07) is 9.84. The van der Waals surface area contributed by atoms with Crippen LogP contribution in [0.3, 0.4) is 0 Å². The Morgan fingerprint density at radius 3 is 2.29 bits per heavy atom. The van der Waals surface area contributed by atoms with Crippen molar-refractivity contribution in [3.8, 4) is 5.75 Å². The van der Waals surface area contributed by atoms with Gasteiger partial charge in [-0.15, -0.1) is 0 Å². The third-order valence-electron chi connectivity index (χ3n) is 2.64.